The van der Waals surface area contributed by atoms with Crippen LogP contribution in [-0.4, -0.2) is 21.3 Å². The van der Waals surface area contributed by atoms with Crippen molar-refractivity contribution in [2.24, 2.45) is 5.73 Å². The van der Waals surface area contributed by atoms with E-state index < -0.39 is 5.91 Å². The summed E-state index contributed by atoms with van der Waals surface area (Å²) < 4.78 is 4.63. The van der Waals surface area contributed by atoms with Crippen LogP contribution in [0.4, 0.5) is 0 Å². The summed E-state index contributed by atoms with van der Waals surface area (Å²) in [6.45, 7) is 0. The van der Waals surface area contributed by atoms with Crippen molar-refractivity contribution in [2.45, 2.75) is 0 Å². The summed E-state index contributed by atoms with van der Waals surface area (Å²) in [5, 5.41) is 9.88. The number of nitrogens with one attached hydrogen (secondary N) is 1. The van der Waals surface area contributed by atoms with Gasteiger partial charge in [0.25, 0.3) is 5.91 Å². The van der Waals surface area contributed by atoms with Crippen molar-refractivity contribution >= 4 is 5.91 Å². The molecule has 0 aliphatic heterocycles. The van der Waals surface area contributed by atoms with Gasteiger partial charge in [-0.25, -0.2) is 0 Å². The van der Waals surface area contributed by atoms with Crippen LogP contribution in [0.5, 0.6) is 0 Å². The lowest BCUT2D eigenvalue weighted by molar-refractivity contribution is 0.0992. The van der Waals surface area contributed by atoms with Crippen LogP contribution in [-0.2, 0) is 0 Å². The fourth-order valence-electron chi connectivity index (χ4n) is 1.01. The molecule has 0 aliphatic carbocycles. The maximum absolute atomic E-state index is 10.8. The Morgan fingerprint density at radius 3 is 3.08 bits per heavy atom. The van der Waals surface area contributed by atoms with Crippen molar-refractivity contribution in [2.75, 3.05) is 0 Å². The van der Waals surface area contributed by atoms with E-state index in [0.717, 1.165) is 0 Å². The number of carbonyl (C=O) groups excluding carboxylic acids is 1. The molecule has 0 radical (unpaired) electrons. The number of carbonyl (C=O) groups is 1. The summed E-state index contributed by atoms with van der Waals surface area (Å²) in [6, 6.07) is 1.69. The van der Waals surface area contributed by atoms with Crippen molar-refractivity contribution in [3.63, 3.8) is 0 Å². The number of aromatic nitrogens is 3. The second-order valence-corrected chi connectivity index (χ2v) is 2.41. The van der Waals surface area contributed by atoms with Crippen LogP contribution in [0.3, 0.4) is 0 Å². The maximum atomic E-state index is 10.8. The molecule has 3 N–H and O–H groups in total. The van der Waals surface area contributed by atoms with Gasteiger partial charge >= 0.3 is 0 Å². The lowest BCUT2D eigenvalue weighted by atomic mass is 10.2. The van der Waals surface area contributed by atoms with E-state index in [1.807, 2.05) is 0 Å². The first-order valence-electron chi connectivity index (χ1n) is 3.53. The smallest absolute Gasteiger partial charge is 0.271 e. The molecule has 13 heavy (non-hydrogen) atoms. The average molecular weight is 178 g/mol. The highest BCUT2D eigenvalue weighted by molar-refractivity contribution is 5.96. The van der Waals surface area contributed by atoms with E-state index in [4.69, 9.17) is 5.73 Å². The van der Waals surface area contributed by atoms with Crippen LogP contribution in [0.1, 0.15) is 10.5 Å². The molecule has 0 saturated heterocycles. The van der Waals surface area contributed by atoms with Gasteiger partial charge < -0.3 is 10.3 Å². The maximum Gasteiger partial charge on any atom is 0.271 e. The lowest BCUT2D eigenvalue weighted by Crippen LogP contribution is -2.12. The van der Waals surface area contributed by atoms with Crippen molar-refractivity contribution in [3.05, 3.63) is 24.2 Å². The minimum Gasteiger partial charge on any atom is -0.364 e. The van der Waals surface area contributed by atoms with Gasteiger partial charge in [-0.2, -0.15) is 5.10 Å². The molecule has 0 spiro atoms. The molecular formula is C7H6N4O2. The number of amides is 1. The second-order valence-electron chi connectivity index (χ2n) is 2.41. The van der Waals surface area contributed by atoms with Crippen LogP contribution in [0.15, 0.2) is 23.0 Å². The summed E-state index contributed by atoms with van der Waals surface area (Å²) in [5.41, 5.74) is 6.34. The van der Waals surface area contributed by atoms with Gasteiger partial charge in [0.15, 0.2) is 5.69 Å². The predicted octanol–water partition coefficient (Wildman–Crippen LogP) is 0.164. The highest BCUT2D eigenvalue weighted by Gasteiger charge is 2.15. The Bertz CT molecular complexity index is 417. The van der Waals surface area contributed by atoms with E-state index in [0.29, 0.717) is 11.3 Å². The number of rotatable bonds is 2. The summed E-state index contributed by atoms with van der Waals surface area (Å²) in [7, 11) is 0. The molecular weight excluding hydrogens is 172 g/mol. The van der Waals surface area contributed by atoms with Crippen LogP contribution in [0.2, 0.25) is 0 Å². The Hall–Kier alpha value is -2.11. The average Bonchev–Trinajstić information content (AvgIpc) is 2.74. The van der Waals surface area contributed by atoms with E-state index in [1.54, 1.807) is 12.3 Å². The Balaban J connectivity index is 2.52. The monoisotopic (exact) mass is 178 g/mol. The van der Waals surface area contributed by atoms with Gasteiger partial charge in [0.05, 0.1) is 11.3 Å². The zero-order valence-corrected chi connectivity index (χ0v) is 6.52. The molecule has 66 valence electrons. The van der Waals surface area contributed by atoms with Crippen LogP contribution < -0.4 is 5.73 Å². The summed E-state index contributed by atoms with van der Waals surface area (Å²) in [5.74, 6) is -0.627. The summed E-state index contributed by atoms with van der Waals surface area (Å²) >= 11 is 0. The van der Waals surface area contributed by atoms with Gasteiger partial charge in [-0.15, -0.1) is 0 Å². The van der Waals surface area contributed by atoms with Gasteiger partial charge in [-0.05, 0) is 6.07 Å². The van der Waals surface area contributed by atoms with Crippen LogP contribution >= 0.6 is 0 Å². The molecule has 1 amide bonds. The van der Waals surface area contributed by atoms with Gasteiger partial charge in [-0.1, -0.05) is 5.16 Å². The number of hydrogen-bond donors (Lipinski definition) is 2. The molecule has 0 saturated carbocycles. The topological polar surface area (TPSA) is 97.8 Å². The number of nitrogens with zero attached hydrogens (tertiary/aromatic N) is 2. The molecule has 2 rings (SSSR count). The Labute approximate surface area is 72.7 Å². The number of aromatic amines is 1. The third-order valence-electron chi connectivity index (χ3n) is 1.59. The third kappa shape index (κ3) is 1.18. The number of hydrogen-bond acceptors (Lipinski definition) is 4. The van der Waals surface area contributed by atoms with E-state index in [-0.39, 0.29) is 5.69 Å². The third-order valence-corrected chi connectivity index (χ3v) is 1.59. The van der Waals surface area contributed by atoms with Gasteiger partial charge in [0.2, 0.25) is 0 Å². The first-order valence-corrected chi connectivity index (χ1v) is 3.53. The van der Waals surface area contributed by atoms with Gasteiger partial charge in [-0.3, -0.25) is 9.89 Å². The first-order chi connectivity index (χ1) is 6.29. The summed E-state index contributed by atoms with van der Waals surface area (Å²) in [6.07, 6.45) is 2.90. The number of primary amides is 1. The molecule has 2 aromatic heterocycles. The molecule has 0 unspecified atom stereocenters. The van der Waals surface area contributed by atoms with E-state index in [2.05, 4.69) is 19.9 Å². The fourth-order valence-corrected chi connectivity index (χ4v) is 1.01. The van der Waals surface area contributed by atoms with Crippen molar-refractivity contribution in [3.8, 4) is 11.3 Å². The largest absolute Gasteiger partial charge is 0.364 e. The molecule has 0 fully saturated rings. The second kappa shape index (κ2) is 2.74. The van der Waals surface area contributed by atoms with Crippen molar-refractivity contribution in [1.82, 2.24) is 15.4 Å². The minimum absolute atomic E-state index is 0.101. The summed E-state index contributed by atoms with van der Waals surface area (Å²) in [4.78, 5) is 10.8. The Morgan fingerprint density at radius 2 is 2.46 bits per heavy atom. The molecule has 2 aromatic rings. The minimum atomic E-state index is -0.627. The van der Waals surface area contributed by atoms with Crippen molar-refractivity contribution in [1.29, 1.82) is 0 Å². The molecule has 2 heterocycles. The van der Waals surface area contributed by atoms with E-state index in [9.17, 15) is 4.79 Å². The normalized spacial score (nSPS) is 10.2. The fraction of sp³-hybridized carbons (Fsp3) is 0. The molecule has 0 atom stereocenters. The molecule has 6 heteroatoms. The van der Waals surface area contributed by atoms with Crippen LogP contribution in [0, 0.1) is 0 Å². The van der Waals surface area contributed by atoms with E-state index in [1.165, 1.54) is 6.26 Å². The molecule has 0 bridgehead atoms. The molecule has 6 nitrogen and oxygen atoms in total. The highest BCUT2D eigenvalue weighted by Crippen LogP contribution is 2.19. The van der Waals surface area contributed by atoms with E-state index >= 15 is 0 Å². The standard InChI is InChI=1S/C7H6N4O2/c8-7(12)6-4(3-13-11-6)5-1-2-9-10-5/h1-3H,(H2,8,12)(H,9,10). The zero-order chi connectivity index (χ0) is 9.26. The molecule has 0 aliphatic rings. The Morgan fingerprint density at radius 1 is 1.62 bits per heavy atom. The lowest BCUT2D eigenvalue weighted by Gasteiger charge is -1.91. The van der Waals surface area contributed by atoms with Crippen LogP contribution in [0.25, 0.3) is 11.3 Å². The number of nitrogens with two attached hydrogens (primary N) is 1. The Kier molecular flexibility index (Phi) is 1.59. The van der Waals surface area contributed by atoms with Crippen molar-refractivity contribution < 1.29 is 9.32 Å². The van der Waals surface area contributed by atoms with Gasteiger partial charge in [0.1, 0.15) is 6.26 Å². The zero-order valence-electron chi connectivity index (χ0n) is 6.52. The first kappa shape index (κ1) is 7.53. The highest BCUT2D eigenvalue weighted by atomic mass is 16.5. The number of H-pyrrole nitrogens is 1. The quantitative estimate of drug-likeness (QED) is 0.684. The molecule has 0 aromatic carbocycles. The van der Waals surface area contributed by atoms with Gasteiger partial charge in [0, 0.05) is 6.20 Å². The predicted molar refractivity (Wildman–Crippen MR) is 42.6 cm³/mol. The SMILES string of the molecule is NC(=O)c1nocc1-c1ccn[nH]1.